The molecule has 0 radical (unpaired) electrons. The molecule has 0 amide bonds. The molecule has 0 saturated carbocycles. The summed E-state index contributed by atoms with van der Waals surface area (Å²) in [6, 6.07) is 75.4. The number of nitrogens with zero attached hydrogens (tertiary/aromatic N) is 6. The highest BCUT2D eigenvalue weighted by atomic mass is 15.0. The minimum absolute atomic E-state index is 0.599. The van der Waals surface area contributed by atoms with E-state index in [1.807, 2.05) is 85.8 Å². The molecule has 66 heavy (non-hydrogen) atoms. The van der Waals surface area contributed by atoms with Gasteiger partial charge in [-0.15, -0.1) is 0 Å². The molecule has 0 aliphatic heterocycles. The first-order valence-electron chi connectivity index (χ1n) is 22.1. The zero-order chi connectivity index (χ0) is 44.4. The highest BCUT2D eigenvalue weighted by Gasteiger charge is 2.20. The van der Waals surface area contributed by atoms with Crippen LogP contribution in [-0.2, 0) is 0 Å². The largest absolute Gasteiger partial charge is 0.258 e. The van der Waals surface area contributed by atoms with Crippen LogP contribution in [0.25, 0.3) is 112 Å². The summed E-state index contributed by atoms with van der Waals surface area (Å²) in [4.78, 5) is 30.5. The van der Waals surface area contributed by atoms with Crippen molar-refractivity contribution in [2.24, 2.45) is 0 Å². The van der Waals surface area contributed by atoms with Crippen molar-refractivity contribution in [2.45, 2.75) is 13.8 Å². The van der Waals surface area contributed by atoms with Crippen LogP contribution >= 0.6 is 0 Å². The quantitative estimate of drug-likeness (QED) is 0.144. The number of hydrogen-bond donors (Lipinski definition) is 0. The molecule has 6 nitrogen and oxygen atoms in total. The molecule has 0 aliphatic rings. The van der Waals surface area contributed by atoms with E-state index in [4.69, 9.17) is 29.9 Å². The van der Waals surface area contributed by atoms with E-state index >= 15 is 0 Å². The molecule has 3 aromatic heterocycles. The van der Waals surface area contributed by atoms with Crippen LogP contribution < -0.4 is 0 Å². The fourth-order valence-electron chi connectivity index (χ4n) is 8.73. The lowest BCUT2D eigenvalue weighted by Gasteiger charge is -2.17. The van der Waals surface area contributed by atoms with Gasteiger partial charge in [-0.1, -0.05) is 200 Å². The molecule has 0 atom stereocenters. The SMILES string of the molecule is Cc1ccc(-c2ccc(-c3ccccc3-c3nc(-c4ccccc4)nc(-c4ccccc4)n3)c(-c3ccc(-c4cc(-c5ccccc5)nc(-c5cccc6ccccc56)n4)cc3)c2)c(C)n1. The van der Waals surface area contributed by atoms with Crippen LogP contribution in [0, 0.1) is 13.8 Å². The average Bonchev–Trinajstić information content (AvgIpc) is 3.39. The van der Waals surface area contributed by atoms with Gasteiger partial charge in [0.05, 0.1) is 11.4 Å². The van der Waals surface area contributed by atoms with E-state index in [2.05, 4.69) is 146 Å². The first kappa shape index (κ1) is 40.1. The first-order chi connectivity index (χ1) is 32.5. The molecule has 0 bridgehead atoms. The minimum Gasteiger partial charge on any atom is -0.258 e. The van der Waals surface area contributed by atoms with Gasteiger partial charge >= 0.3 is 0 Å². The number of pyridine rings is 1. The predicted octanol–water partition coefficient (Wildman–Crippen LogP) is 14.8. The lowest BCUT2D eigenvalue weighted by Crippen LogP contribution is -2.01. The number of hydrogen-bond acceptors (Lipinski definition) is 6. The zero-order valence-corrected chi connectivity index (χ0v) is 36.5. The fraction of sp³-hybridized carbons (Fsp3) is 0.0333. The van der Waals surface area contributed by atoms with Crippen LogP contribution in [0.2, 0.25) is 0 Å². The van der Waals surface area contributed by atoms with E-state index < -0.39 is 0 Å². The average molecular weight is 847 g/mol. The van der Waals surface area contributed by atoms with Gasteiger partial charge in [0, 0.05) is 50.3 Å². The normalized spacial score (nSPS) is 11.2. The summed E-state index contributed by atoms with van der Waals surface area (Å²) < 4.78 is 0. The number of rotatable bonds is 9. The van der Waals surface area contributed by atoms with Gasteiger partial charge in [-0.3, -0.25) is 4.98 Å². The maximum absolute atomic E-state index is 5.25. The smallest absolute Gasteiger partial charge is 0.164 e. The maximum Gasteiger partial charge on any atom is 0.164 e. The summed E-state index contributed by atoms with van der Waals surface area (Å²) in [6.07, 6.45) is 0. The van der Waals surface area contributed by atoms with E-state index in [1.54, 1.807) is 0 Å². The summed E-state index contributed by atoms with van der Waals surface area (Å²) in [5.74, 6) is 2.52. The summed E-state index contributed by atoms with van der Waals surface area (Å²) in [7, 11) is 0. The van der Waals surface area contributed by atoms with Gasteiger partial charge in [-0.25, -0.2) is 24.9 Å². The second-order valence-corrected chi connectivity index (χ2v) is 16.4. The van der Waals surface area contributed by atoms with Crippen LogP contribution in [0.4, 0.5) is 0 Å². The molecular weight excluding hydrogens is 805 g/mol. The number of aromatic nitrogens is 6. The van der Waals surface area contributed by atoms with Gasteiger partial charge in [0.25, 0.3) is 0 Å². The van der Waals surface area contributed by atoms with Gasteiger partial charge in [0.1, 0.15) is 0 Å². The molecule has 0 unspecified atom stereocenters. The van der Waals surface area contributed by atoms with Crippen molar-refractivity contribution in [3.8, 4) is 101 Å². The van der Waals surface area contributed by atoms with Gasteiger partial charge in [-0.05, 0) is 70.6 Å². The van der Waals surface area contributed by atoms with Crippen LogP contribution in [-0.4, -0.2) is 29.9 Å². The number of benzene rings is 8. The van der Waals surface area contributed by atoms with Crippen LogP contribution in [0.1, 0.15) is 11.4 Å². The molecule has 3 heterocycles. The molecule has 0 fully saturated rings. The molecule has 11 rings (SSSR count). The summed E-state index contributed by atoms with van der Waals surface area (Å²) in [5, 5.41) is 2.26. The van der Waals surface area contributed by atoms with Crippen molar-refractivity contribution >= 4 is 10.8 Å². The lowest BCUT2D eigenvalue weighted by molar-refractivity contribution is 1.07. The molecule has 0 saturated heterocycles. The van der Waals surface area contributed by atoms with Crippen molar-refractivity contribution in [1.29, 1.82) is 0 Å². The van der Waals surface area contributed by atoms with E-state index in [-0.39, 0.29) is 0 Å². The van der Waals surface area contributed by atoms with Crippen molar-refractivity contribution in [2.75, 3.05) is 0 Å². The molecule has 0 aliphatic carbocycles. The Balaban J connectivity index is 1.07. The van der Waals surface area contributed by atoms with E-state index in [0.29, 0.717) is 23.3 Å². The second-order valence-electron chi connectivity index (χ2n) is 16.4. The van der Waals surface area contributed by atoms with Crippen LogP contribution in [0.3, 0.4) is 0 Å². The molecule has 8 aromatic carbocycles. The molecule has 0 spiro atoms. The summed E-state index contributed by atoms with van der Waals surface area (Å²) in [5.41, 5.74) is 15.8. The van der Waals surface area contributed by atoms with E-state index in [1.165, 1.54) is 0 Å². The van der Waals surface area contributed by atoms with Crippen molar-refractivity contribution in [3.63, 3.8) is 0 Å². The Kier molecular flexibility index (Phi) is 10.6. The Morgan fingerprint density at radius 3 is 1.39 bits per heavy atom. The predicted molar refractivity (Wildman–Crippen MR) is 269 cm³/mol. The first-order valence-corrected chi connectivity index (χ1v) is 22.1. The van der Waals surface area contributed by atoms with Gasteiger partial charge in [0.15, 0.2) is 23.3 Å². The van der Waals surface area contributed by atoms with Crippen molar-refractivity contribution in [1.82, 2.24) is 29.9 Å². The number of fused-ring (bicyclic) bond motifs is 1. The second kappa shape index (κ2) is 17.4. The Morgan fingerprint density at radius 2 is 0.727 bits per heavy atom. The molecule has 11 aromatic rings. The lowest BCUT2D eigenvalue weighted by atomic mass is 9.88. The standard InChI is InChI=1S/C60H42N6/c1-39-29-35-48(40(2)61-39)47-34-36-51(50-26-14-15-27-53(50)60-65-57(45-20-8-4-9-21-45)64-58(66-60)46-22-10-5-11-23-46)54(37-47)42-30-32-44(33-31-42)56-38-55(43-18-6-3-7-19-43)62-59(63-56)52-28-16-24-41-17-12-13-25-49(41)52/h3-38H,1-2H3. The van der Waals surface area contributed by atoms with Crippen molar-refractivity contribution in [3.05, 3.63) is 230 Å². The maximum atomic E-state index is 5.25. The van der Waals surface area contributed by atoms with Gasteiger partial charge < -0.3 is 0 Å². The van der Waals surface area contributed by atoms with E-state index in [0.717, 1.165) is 100 Å². The highest BCUT2D eigenvalue weighted by Crippen LogP contribution is 2.41. The molecule has 0 N–H and O–H groups in total. The Hall–Kier alpha value is -8.74. The Morgan fingerprint density at radius 1 is 0.258 bits per heavy atom. The molecule has 312 valence electrons. The third-order valence-electron chi connectivity index (χ3n) is 12.0. The Bertz CT molecular complexity index is 3470. The highest BCUT2D eigenvalue weighted by molar-refractivity contribution is 5.96. The topological polar surface area (TPSA) is 77.3 Å². The monoisotopic (exact) mass is 846 g/mol. The summed E-state index contributed by atoms with van der Waals surface area (Å²) in [6.45, 7) is 4.11. The van der Waals surface area contributed by atoms with Crippen LogP contribution in [0.5, 0.6) is 0 Å². The molecular formula is C60H42N6. The van der Waals surface area contributed by atoms with Gasteiger partial charge in [0.2, 0.25) is 0 Å². The van der Waals surface area contributed by atoms with Crippen LogP contribution in [0.15, 0.2) is 218 Å². The Labute approximate surface area is 384 Å². The van der Waals surface area contributed by atoms with Gasteiger partial charge in [-0.2, -0.15) is 0 Å². The fourth-order valence-corrected chi connectivity index (χ4v) is 8.73. The van der Waals surface area contributed by atoms with Crippen molar-refractivity contribution < 1.29 is 0 Å². The minimum atomic E-state index is 0.599. The number of aryl methyl sites for hydroxylation is 2. The third-order valence-corrected chi connectivity index (χ3v) is 12.0. The third kappa shape index (κ3) is 7.93. The zero-order valence-electron chi connectivity index (χ0n) is 36.5. The molecule has 6 heteroatoms. The summed E-state index contributed by atoms with van der Waals surface area (Å²) >= 11 is 0. The van der Waals surface area contributed by atoms with E-state index in [9.17, 15) is 0 Å².